The van der Waals surface area contributed by atoms with E-state index in [-0.39, 0.29) is 24.3 Å². The lowest BCUT2D eigenvalue weighted by atomic mass is 9.48. The molecule has 4 saturated carbocycles. The van der Waals surface area contributed by atoms with Gasteiger partial charge in [-0.2, -0.15) is 0 Å². The molecule has 0 spiro atoms. The van der Waals surface area contributed by atoms with Gasteiger partial charge in [0.1, 0.15) is 23.9 Å². The molecule has 0 amide bonds. The standard InChI is InChI=1S/C25H38O8/c1-4-21(2,3)20(26)33-25-14-22(30-8-17-5-27-17)11-23(15-25,31-9-18-6-28-18)13-24(12-22,16-25)32-10-19-7-29-19/h17-19H,4-16H2,1-3H3. The lowest BCUT2D eigenvalue weighted by Gasteiger charge is -2.68. The maximum atomic E-state index is 13.3. The molecule has 3 unspecified atom stereocenters. The molecule has 7 aliphatic rings. The average Bonchev–Trinajstić information content (AvgIpc) is 3.62. The zero-order valence-corrected chi connectivity index (χ0v) is 20.2. The summed E-state index contributed by atoms with van der Waals surface area (Å²) in [4.78, 5) is 13.3. The summed E-state index contributed by atoms with van der Waals surface area (Å²) in [5.74, 6) is -0.144. The average molecular weight is 467 g/mol. The highest BCUT2D eigenvalue weighted by atomic mass is 16.6. The summed E-state index contributed by atoms with van der Waals surface area (Å²) in [6.45, 7) is 9.89. The first kappa shape index (κ1) is 22.7. The first-order valence-corrected chi connectivity index (χ1v) is 12.7. The Kier molecular flexibility index (Phi) is 5.23. The molecule has 0 radical (unpaired) electrons. The van der Waals surface area contributed by atoms with Gasteiger partial charge in [0.05, 0.1) is 61.9 Å². The molecule has 0 aromatic heterocycles. The summed E-state index contributed by atoms with van der Waals surface area (Å²) < 4.78 is 42.7. The van der Waals surface area contributed by atoms with Crippen molar-refractivity contribution in [2.24, 2.45) is 5.41 Å². The highest BCUT2D eigenvalue weighted by Crippen LogP contribution is 2.66. The minimum absolute atomic E-state index is 0.144. The van der Waals surface area contributed by atoms with E-state index in [0.29, 0.717) is 39.1 Å². The Morgan fingerprint density at radius 1 is 0.727 bits per heavy atom. The maximum absolute atomic E-state index is 13.3. The van der Waals surface area contributed by atoms with Crippen LogP contribution in [0.15, 0.2) is 0 Å². The molecule has 3 atom stereocenters. The summed E-state index contributed by atoms with van der Waals surface area (Å²) in [7, 11) is 0. The molecule has 0 aromatic carbocycles. The van der Waals surface area contributed by atoms with E-state index >= 15 is 0 Å². The van der Waals surface area contributed by atoms with Crippen LogP contribution in [0.5, 0.6) is 0 Å². The molecule has 186 valence electrons. The zero-order valence-electron chi connectivity index (χ0n) is 20.2. The van der Waals surface area contributed by atoms with Gasteiger partial charge >= 0.3 is 5.97 Å². The Hall–Kier alpha value is -0.770. The van der Waals surface area contributed by atoms with Gasteiger partial charge in [0, 0.05) is 38.5 Å². The molecule has 3 saturated heterocycles. The third-order valence-electron chi connectivity index (χ3n) is 8.55. The van der Waals surface area contributed by atoms with Crippen LogP contribution < -0.4 is 0 Å². The largest absolute Gasteiger partial charge is 0.458 e. The van der Waals surface area contributed by atoms with Crippen molar-refractivity contribution in [3.05, 3.63) is 0 Å². The molecule has 8 nitrogen and oxygen atoms in total. The van der Waals surface area contributed by atoms with Gasteiger partial charge in [0.25, 0.3) is 0 Å². The van der Waals surface area contributed by atoms with Gasteiger partial charge in [0.2, 0.25) is 0 Å². The molecule has 7 rings (SSSR count). The van der Waals surface area contributed by atoms with Gasteiger partial charge < -0.3 is 33.2 Å². The fourth-order valence-corrected chi connectivity index (χ4v) is 6.62. The van der Waals surface area contributed by atoms with Crippen molar-refractivity contribution in [1.29, 1.82) is 0 Å². The van der Waals surface area contributed by atoms with Crippen molar-refractivity contribution in [3.63, 3.8) is 0 Å². The summed E-state index contributed by atoms with van der Waals surface area (Å²) in [6.07, 6.45) is 5.68. The summed E-state index contributed by atoms with van der Waals surface area (Å²) in [6, 6.07) is 0. The predicted molar refractivity (Wildman–Crippen MR) is 116 cm³/mol. The van der Waals surface area contributed by atoms with Crippen LogP contribution in [0.1, 0.15) is 65.7 Å². The van der Waals surface area contributed by atoms with Crippen LogP contribution in [0.25, 0.3) is 0 Å². The third-order valence-corrected chi connectivity index (χ3v) is 8.55. The van der Waals surface area contributed by atoms with Crippen LogP contribution in [0.3, 0.4) is 0 Å². The van der Waals surface area contributed by atoms with Crippen molar-refractivity contribution < 1.29 is 38.0 Å². The lowest BCUT2D eigenvalue weighted by Crippen LogP contribution is -2.74. The number of rotatable bonds is 12. The van der Waals surface area contributed by atoms with Crippen molar-refractivity contribution >= 4 is 5.97 Å². The monoisotopic (exact) mass is 466 g/mol. The third kappa shape index (κ3) is 4.59. The van der Waals surface area contributed by atoms with Crippen LogP contribution in [0, 0.1) is 5.41 Å². The number of hydrogen-bond donors (Lipinski definition) is 0. The van der Waals surface area contributed by atoms with Crippen LogP contribution in [0.2, 0.25) is 0 Å². The predicted octanol–water partition coefficient (Wildman–Crippen LogP) is 2.55. The van der Waals surface area contributed by atoms with E-state index in [2.05, 4.69) is 0 Å². The minimum Gasteiger partial charge on any atom is -0.458 e. The molecule has 4 aliphatic carbocycles. The summed E-state index contributed by atoms with van der Waals surface area (Å²) >= 11 is 0. The van der Waals surface area contributed by atoms with Crippen molar-refractivity contribution in [2.75, 3.05) is 39.6 Å². The number of ether oxygens (including phenoxy) is 7. The number of hydrogen-bond acceptors (Lipinski definition) is 8. The normalized spacial score (nSPS) is 46.9. The number of carbonyl (C=O) groups excluding carboxylic acids is 1. The molecule has 7 fully saturated rings. The van der Waals surface area contributed by atoms with E-state index < -0.39 is 27.8 Å². The fourth-order valence-electron chi connectivity index (χ4n) is 6.62. The van der Waals surface area contributed by atoms with E-state index in [0.717, 1.165) is 45.5 Å². The molecule has 3 aliphatic heterocycles. The second-order valence-electron chi connectivity index (χ2n) is 12.2. The highest BCUT2D eigenvalue weighted by Gasteiger charge is 2.72. The van der Waals surface area contributed by atoms with E-state index in [1.165, 1.54) is 0 Å². The molecule has 3 heterocycles. The molecule has 8 heteroatoms. The Labute approximate surface area is 195 Å². The van der Waals surface area contributed by atoms with Crippen molar-refractivity contribution in [1.82, 2.24) is 0 Å². The topological polar surface area (TPSA) is 91.6 Å². The molecular weight excluding hydrogens is 428 g/mol. The van der Waals surface area contributed by atoms with Crippen LogP contribution >= 0.6 is 0 Å². The van der Waals surface area contributed by atoms with Gasteiger partial charge in [-0.05, 0) is 20.3 Å². The van der Waals surface area contributed by atoms with Gasteiger partial charge in [-0.1, -0.05) is 6.92 Å². The fraction of sp³-hybridized carbons (Fsp3) is 0.960. The Morgan fingerprint density at radius 3 is 1.36 bits per heavy atom. The Balaban J connectivity index is 1.32. The van der Waals surface area contributed by atoms with Gasteiger partial charge in [0.15, 0.2) is 0 Å². The van der Waals surface area contributed by atoms with Crippen LogP contribution in [0.4, 0.5) is 0 Å². The number of carbonyl (C=O) groups is 1. The SMILES string of the molecule is CCC(C)(C)C(=O)OC12CC3(OCC4CO4)CC(OCC4CO4)(CC(OCC4CO4)(C3)C1)C2. The molecule has 0 aromatic rings. The van der Waals surface area contributed by atoms with Gasteiger partial charge in [-0.25, -0.2) is 0 Å². The van der Waals surface area contributed by atoms with E-state index in [1.54, 1.807) is 0 Å². The minimum atomic E-state index is -0.655. The number of epoxide rings is 3. The smallest absolute Gasteiger partial charge is 0.312 e. The Morgan fingerprint density at radius 2 is 1.06 bits per heavy atom. The quantitative estimate of drug-likeness (QED) is 0.320. The van der Waals surface area contributed by atoms with Crippen LogP contribution in [-0.4, -0.2) is 86.3 Å². The number of esters is 1. The van der Waals surface area contributed by atoms with Gasteiger partial charge in [-0.15, -0.1) is 0 Å². The molecular formula is C25H38O8. The second kappa shape index (κ2) is 7.61. The lowest BCUT2D eigenvalue weighted by molar-refractivity contribution is -0.330. The molecule has 33 heavy (non-hydrogen) atoms. The van der Waals surface area contributed by atoms with E-state index in [9.17, 15) is 4.79 Å². The summed E-state index contributed by atoms with van der Waals surface area (Å²) in [5.41, 5.74) is -2.55. The van der Waals surface area contributed by atoms with Crippen molar-refractivity contribution in [3.8, 4) is 0 Å². The first-order chi connectivity index (χ1) is 15.7. The van der Waals surface area contributed by atoms with Crippen LogP contribution in [-0.2, 0) is 38.0 Å². The first-order valence-electron chi connectivity index (χ1n) is 12.7. The van der Waals surface area contributed by atoms with Crippen molar-refractivity contribution in [2.45, 2.75) is 106 Å². The maximum Gasteiger partial charge on any atom is 0.312 e. The Bertz CT molecular complexity index is 696. The molecule has 4 bridgehead atoms. The van der Waals surface area contributed by atoms with E-state index in [1.807, 2.05) is 20.8 Å². The second-order valence-corrected chi connectivity index (χ2v) is 12.2. The van der Waals surface area contributed by atoms with Gasteiger partial charge in [-0.3, -0.25) is 4.79 Å². The van der Waals surface area contributed by atoms with E-state index in [4.69, 9.17) is 33.2 Å². The zero-order chi connectivity index (χ0) is 23.0. The highest BCUT2D eigenvalue weighted by molar-refractivity contribution is 5.76. The summed E-state index contributed by atoms with van der Waals surface area (Å²) in [5, 5.41) is 0. The molecule has 0 N–H and O–H groups in total.